The average Bonchev–Trinajstić information content (AvgIpc) is 2.71. The normalized spacial score (nSPS) is 10.9. The Morgan fingerprint density at radius 2 is 1.15 bits per heavy atom. The first-order valence-electron chi connectivity index (χ1n) is 9.89. The molecule has 0 aromatic heterocycles. The summed E-state index contributed by atoms with van der Waals surface area (Å²) in [5.41, 5.74) is 6.93. The standard InChI is InChI=1S/C25H30N2/c1-21-18-22(14-16-26-19-23-8-4-2-5-9-23)12-13-25(21)15-17-27-20-24-10-6-3-7-11-24/h2-13,18,26-27H,14-17,19-20H2,1H3. The minimum absolute atomic E-state index is 0.936. The molecule has 0 aliphatic heterocycles. The molecule has 2 nitrogen and oxygen atoms in total. The summed E-state index contributed by atoms with van der Waals surface area (Å²) in [7, 11) is 0. The van der Waals surface area contributed by atoms with Gasteiger partial charge in [0.2, 0.25) is 0 Å². The van der Waals surface area contributed by atoms with Gasteiger partial charge in [-0.3, -0.25) is 0 Å². The van der Waals surface area contributed by atoms with E-state index in [1.165, 1.54) is 27.8 Å². The second-order valence-corrected chi connectivity index (χ2v) is 7.09. The Hall–Kier alpha value is -2.42. The van der Waals surface area contributed by atoms with Crippen LogP contribution in [0.15, 0.2) is 78.9 Å². The summed E-state index contributed by atoms with van der Waals surface area (Å²) < 4.78 is 0. The van der Waals surface area contributed by atoms with E-state index in [1.807, 2.05) is 0 Å². The van der Waals surface area contributed by atoms with E-state index in [2.05, 4.69) is 96.4 Å². The number of aryl methyl sites for hydroxylation is 1. The SMILES string of the molecule is Cc1cc(CCNCc2ccccc2)ccc1CCNCc1ccccc1. The largest absolute Gasteiger partial charge is 0.312 e. The molecule has 0 saturated heterocycles. The molecule has 3 aromatic carbocycles. The highest BCUT2D eigenvalue weighted by Gasteiger charge is 2.01. The number of rotatable bonds is 10. The first kappa shape index (κ1) is 19.3. The zero-order valence-corrected chi connectivity index (χ0v) is 16.2. The van der Waals surface area contributed by atoms with E-state index in [4.69, 9.17) is 0 Å². The monoisotopic (exact) mass is 358 g/mol. The van der Waals surface area contributed by atoms with Gasteiger partial charge in [0.05, 0.1) is 0 Å². The molecule has 0 saturated carbocycles. The lowest BCUT2D eigenvalue weighted by molar-refractivity contribution is 0.682. The van der Waals surface area contributed by atoms with Crippen LogP contribution < -0.4 is 10.6 Å². The molecule has 0 heterocycles. The molecule has 0 aliphatic rings. The number of benzene rings is 3. The van der Waals surface area contributed by atoms with E-state index in [-0.39, 0.29) is 0 Å². The van der Waals surface area contributed by atoms with Gasteiger partial charge < -0.3 is 10.6 Å². The van der Waals surface area contributed by atoms with Gasteiger partial charge in [-0.15, -0.1) is 0 Å². The zero-order valence-electron chi connectivity index (χ0n) is 16.2. The zero-order chi connectivity index (χ0) is 18.7. The smallest absolute Gasteiger partial charge is 0.0205 e. The van der Waals surface area contributed by atoms with E-state index >= 15 is 0 Å². The van der Waals surface area contributed by atoms with Crippen molar-refractivity contribution >= 4 is 0 Å². The summed E-state index contributed by atoms with van der Waals surface area (Å²) >= 11 is 0. The summed E-state index contributed by atoms with van der Waals surface area (Å²) in [6.45, 7) is 6.11. The van der Waals surface area contributed by atoms with Crippen molar-refractivity contribution in [2.24, 2.45) is 0 Å². The van der Waals surface area contributed by atoms with Gasteiger partial charge in [-0.25, -0.2) is 0 Å². The third-order valence-electron chi connectivity index (χ3n) is 4.91. The molecule has 0 atom stereocenters. The highest BCUT2D eigenvalue weighted by Crippen LogP contribution is 2.12. The predicted molar refractivity (Wildman–Crippen MR) is 115 cm³/mol. The molecule has 0 spiro atoms. The fraction of sp³-hybridized carbons (Fsp3) is 0.280. The number of hydrogen-bond acceptors (Lipinski definition) is 2. The van der Waals surface area contributed by atoms with Gasteiger partial charge in [0.25, 0.3) is 0 Å². The Bertz CT molecular complexity index is 797. The van der Waals surface area contributed by atoms with Crippen molar-refractivity contribution in [1.29, 1.82) is 0 Å². The fourth-order valence-corrected chi connectivity index (χ4v) is 3.31. The maximum Gasteiger partial charge on any atom is 0.0205 e. The molecular weight excluding hydrogens is 328 g/mol. The maximum absolute atomic E-state index is 3.54. The summed E-state index contributed by atoms with van der Waals surface area (Å²) in [6.07, 6.45) is 2.14. The lowest BCUT2D eigenvalue weighted by Crippen LogP contribution is -2.17. The van der Waals surface area contributed by atoms with Crippen molar-refractivity contribution in [2.45, 2.75) is 32.9 Å². The van der Waals surface area contributed by atoms with Crippen LogP contribution >= 0.6 is 0 Å². The van der Waals surface area contributed by atoms with E-state index in [0.717, 1.165) is 39.0 Å². The molecule has 0 unspecified atom stereocenters. The molecule has 3 aromatic rings. The molecule has 0 bridgehead atoms. The summed E-state index contributed by atoms with van der Waals surface area (Å²) in [5.74, 6) is 0. The molecule has 0 aliphatic carbocycles. The predicted octanol–water partition coefficient (Wildman–Crippen LogP) is 4.66. The quantitative estimate of drug-likeness (QED) is 0.515. The molecule has 27 heavy (non-hydrogen) atoms. The lowest BCUT2D eigenvalue weighted by atomic mass is 10.0. The first-order valence-corrected chi connectivity index (χ1v) is 9.89. The van der Waals surface area contributed by atoms with Crippen molar-refractivity contribution in [3.8, 4) is 0 Å². The summed E-state index contributed by atoms with van der Waals surface area (Å²) in [6, 6.07) is 28.1. The molecule has 2 N–H and O–H groups in total. The Morgan fingerprint density at radius 1 is 0.593 bits per heavy atom. The average molecular weight is 359 g/mol. The van der Waals surface area contributed by atoms with Crippen molar-refractivity contribution in [2.75, 3.05) is 13.1 Å². The van der Waals surface area contributed by atoms with Crippen LogP contribution in [0.2, 0.25) is 0 Å². The third-order valence-corrected chi connectivity index (χ3v) is 4.91. The van der Waals surface area contributed by atoms with E-state index in [1.54, 1.807) is 0 Å². The van der Waals surface area contributed by atoms with Crippen LogP contribution in [-0.2, 0) is 25.9 Å². The fourth-order valence-electron chi connectivity index (χ4n) is 3.31. The molecule has 0 amide bonds. The second-order valence-electron chi connectivity index (χ2n) is 7.09. The Kier molecular flexibility index (Phi) is 7.64. The highest BCUT2D eigenvalue weighted by molar-refractivity contribution is 5.31. The Morgan fingerprint density at radius 3 is 1.70 bits per heavy atom. The molecule has 0 radical (unpaired) electrons. The van der Waals surface area contributed by atoms with Crippen LogP contribution in [0.3, 0.4) is 0 Å². The van der Waals surface area contributed by atoms with E-state index < -0.39 is 0 Å². The number of nitrogens with one attached hydrogen (secondary N) is 2. The molecule has 3 rings (SSSR count). The van der Waals surface area contributed by atoms with Crippen LogP contribution in [0.4, 0.5) is 0 Å². The van der Waals surface area contributed by atoms with Crippen LogP contribution in [0, 0.1) is 6.92 Å². The van der Waals surface area contributed by atoms with Gasteiger partial charge in [-0.1, -0.05) is 78.9 Å². The van der Waals surface area contributed by atoms with Gasteiger partial charge >= 0.3 is 0 Å². The third kappa shape index (κ3) is 6.67. The lowest BCUT2D eigenvalue weighted by Gasteiger charge is -2.10. The molecular formula is C25H30N2. The Labute approximate surface area is 163 Å². The van der Waals surface area contributed by atoms with Crippen LogP contribution in [0.1, 0.15) is 27.8 Å². The minimum Gasteiger partial charge on any atom is -0.312 e. The number of hydrogen-bond donors (Lipinski definition) is 2. The molecule has 140 valence electrons. The van der Waals surface area contributed by atoms with Crippen LogP contribution in [0.5, 0.6) is 0 Å². The van der Waals surface area contributed by atoms with Gasteiger partial charge in [0.1, 0.15) is 0 Å². The van der Waals surface area contributed by atoms with E-state index in [0.29, 0.717) is 0 Å². The van der Waals surface area contributed by atoms with Gasteiger partial charge in [0.15, 0.2) is 0 Å². The van der Waals surface area contributed by atoms with Gasteiger partial charge in [-0.05, 0) is 60.7 Å². The Balaban J connectivity index is 1.38. The van der Waals surface area contributed by atoms with Crippen LogP contribution in [0.25, 0.3) is 0 Å². The first-order chi connectivity index (χ1) is 13.3. The summed E-state index contributed by atoms with van der Waals surface area (Å²) in [4.78, 5) is 0. The van der Waals surface area contributed by atoms with Crippen molar-refractivity contribution < 1.29 is 0 Å². The second kappa shape index (κ2) is 10.7. The van der Waals surface area contributed by atoms with Crippen LogP contribution in [-0.4, -0.2) is 13.1 Å². The molecule has 0 fully saturated rings. The van der Waals surface area contributed by atoms with E-state index in [9.17, 15) is 0 Å². The highest BCUT2D eigenvalue weighted by atomic mass is 14.8. The van der Waals surface area contributed by atoms with Crippen molar-refractivity contribution in [3.05, 3.63) is 107 Å². The van der Waals surface area contributed by atoms with Crippen molar-refractivity contribution in [3.63, 3.8) is 0 Å². The summed E-state index contributed by atoms with van der Waals surface area (Å²) in [5, 5.41) is 7.07. The molecule has 2 heteroatoms. The van der Waals surface area contributed by atoms with Gasteiger partial charge in [0, 0.05) is 13.1 Å². The van der Waals surface area contributed by atoms with Crippen molar-refractivity contribution in [1.82, 2.24) is 10.6 Å². The topological polar surface area (TPSA) is 24.1 Å². The van der Waals surface area contributed by atoms with Gasteiger partial charge in [-0.2, -0.15) is 0 Å². The minimum atomic E-state index is 0.936. The maximum atomic E-state index is 3.54.